The van der Waals surface area contributed by atoms with Crippen LogP contribution in [0.1, 0.15) is 117 Å². The van der Waals surface area contributed by atoms with Gasteiger partial charge in [0.25, 0.3) is 5.91 Å². The minimum absolute atomic E-state index is 0.000644. The van der Waals surface area contributed by atoms with Crippen molar-refractivity contribution in [2.75, 3.05) is 13.1 Å². The third kappa shape index (κ3) is 4.84. The van der Waals surface area contributed by atoms with Gasteiger partial charge >= 0.3 is 0 Å². The molecule has 2 amide bonds. The molecule has 1 unspecified atom stereocenters. The Hall–Kier alpha value is -2.54. The number of nitrogens with one attached hydrogen (secondary N) is 2. The Morgan fingerprint density at radius 1 is 0.870 bits per heavy atom. The topological polar surface area (TPSA) is 95.5 Å². The molecule has 5 aliphatic rings. The van der Waals surface area contributed by atoms with E-state index in [0.29, 0.717) is 24.4 Å². The van der Waals surface area contributed by atoms with Crippen molar-refractivity contribution >= 4 is 17.6 Å². The average molecular weight is 635 g/mol. The van der Waals surface area contributed by atoms with Crippen LogP contribution in [0.2, 0.25) is 0 Å². The number of ketones is 1. The molecule has 6 rings (SSSR count). The molecule has 1 aromatic rings. The fraction of sp³-hybridized carbons (Fsp3) is 0.718. The van der Waals surface area contributed by atoms with Crippen LogP contribution in [0.5, 0.6) is 0 Å². The van der Waals surface area contributed by atoms with Gasteiger partial charge in [0.2, 0.25) is 5.91 Å². The highest BCUT2D eigenvalue weighted by Crippen LogP contribution is 2.75. The van der Waals surface area contributed by atoms with Crippen LogP contribution in [-0.4, -0.2) is 41.9 Å². The van der Waals surface area contributed by atoms with Crippen LogP contribution in [0.15, 0.2) is 35.9 Å². The Morgan fingerprint density at radius 3 is 2.22 bits per heavy atom. The summed E-state index contributed by atoms with van der Waals surface area (Å²) >= 11 is 0. The Balaban J connectivity index is 1.21. The normalized spacial score (nSPS) is 42.8. The molecule has 4 saturated carbocycles. The number of allylic oxidation sites excluding steroid dienone is 2. The summed E-state index contributed by atoms with van der Waals surface area (Å²) in [6.07, 6.45) is 9.98. The molecule has 0 heterocycles. The zero-order chi connectivity index (χ0) is 33.5. The largest absolute Gasteiger partial charge is 0.393 e. The van der Waals surface area contributed by atoms with E-state index >= 15 is 0 Å². The van der Waals surface area contributed by atoms with E-state index < -0.39 is 11.2 Å². The molecule has 1 aromatic carbocycles. The molecular formula is C39H55FN2O4. The fourth-order valence-corrected chi connectivity index (χ4v) is 11.6. The second-order valence-corrected chi connectivity index (χ2v) is 17.6. The van der Waals surface area contributed by atoms with Crippen molar-refractivity contribution in [2.24, 2.45) is 50.2 Å². The number of rotatable bonds is 5. The molecule has 5 aliphatic carbocycles. The fourth-order valence-electron chi connectivity index (χ4n) is 11.6. The van der Waals surface area contributed by atoms with Crippen molar-refractivity contribution in [1.82, 2.24) is 10.6 Å². The number of carbonyl (C=O) groups is 3. The summed E-state index contributed by atoms with van der Waals surface area (Å²) in [5.41, 5.74) is 0.492. The first-order valence-electron chi connectivity index (χ1n) is 17.7. The summed E-state index contributed by atoms with van der Waals surface area (Å²) in [5.74, 6) is -0.0186. The minimum Gasteiger partial charge on any atom is -0.393 e. The number of amides is 2. The predicted octanol–water partition coefficient (Wildman–Crippen LogP) is 7.01. The van der Waals surface area contributed by atoms with Crippen LogP contribution in [0.3, 0.4) is 0 Å². The first-order chi connectivity index (χ1) is 21.4. The molecule has 252 valence electrons. The zero-order valence-corrected chi connectivity index (χ0v) is 29.0. The van der Waals surface area contributed by atoms with Crippen molar-refractivity contribution in [3.05, 3.63) is 47.3 Å². The van der Waals surface area contributed by atoms with E-state index in [1.54, 1.807) is 0 Å². The number of carbonyl (C=O) groups excluding carboxylic acids is 3. The van der Waals surface area contributed by atoms with Crippen molar-refractivity contribution in [1.29, 1.82) is 0 Å². The molecule has 0 aliphatic heterocycles. The Bertz CT molecular complexity index is 1450. The van der Waals surface area contributed by atoms with Crippen LogP contribution in [0, 0.1) is 56.1 Å². The second-order valence-electron chi connectivity index (χ2n) is 17.6. The summed E-state index contributed by atoms with van der Waals surface area (Å²) in [6.45, 7) is 16.6. The maximum absolute atomic E-state index is 14.5. The van der Waals surface area contributed by atoms with Crippen LogP contribution in [0.4, 0.5) is 4.39 Å². The highest BCUT2D eigenvalue weighted by molar-refractivity contribution is 5.96. The van der Waals surface area contributed by atoms with Crippen LogP contribution < -0.4 is 10.6 Å². The first kappa shape index (κ1) is 33.4. The molecule has 7 heteroatoms. The Labute approximate surface area is 274 Å². The molecule has 9 atom stereocenters. The monoisotopic (exact) mass is 634 g/mol. The van der Waals surface area contributed by atoms with Gasteiger partial charge in [0.05, 0.1) is 6.10 Å². The second kappa shape index (κ2) is 11.0. The summed E-state index contributed by atoms with van der Waals surface area (Å²) in [4.78, 5) is 40.7. The van der Waals surface area contributed by atoms with Crippen molar-refractivity contribution in [3.8, 4) is 0 Å². The number of halogens is 1. The maximum Gasteiger partial charge on any atom is 0.251 e. The van der Waals surface area contributed by atoms with Crippen molar-refractivity contribution in [3.63, 3.8) is 0 Å². The van der Waals surface area contributed by atoms with E-state index in [9.17, 15) is 23.9 Å². The summed E-state index contributed by atoms with van der Waals surface area (Å²) in [7, 11) is 0. The third-order valence-corrected chi connectivity index (χ3v) is 14.9. The van der Waals surface area contributed by atoms with Crippen LogP contribution in [-0.2, 0) is 9.59 Å². The Kier molecular flexibility index (Phi) is 7.98. The standard InChI is InChI=1S/C39H55FN2O4/c1-34(2)29-12-15-39(7)31(37(29,5)14-13-30(34)44)28(43)22-26-27-23-36(4,17-16-35(27,3)18-19-38(26,39)6)33(46)42-21-20-41-32(45)24-8-10-25(40)11-9-24/h8-11,22,27,29-31,44H,12-21,23H2,1-7H3,(H,41,45)(H,42,46)/t27-,29?,30+,31-,35-,36+,37+,38-,39-/m1/s1. The molecular weight excluding hydrogens is 579 g/mol. The van der Waals surface area contributed by atoms with E-state index in [2.05, 4.69) is 65.2 Å². The van der Waals surface area contributed by atoms with Gasteiger partial charge in [-0.1, -0.05) is 54.0 Å². The number of benzene rings is 1. The van der Waals surface area contributed by atoms with E-state index in [1.165, 1.54) is 29.8 Å². The molecule has 0 bridgehead atoms. The van der Waals surface area contributed by atoms with Gasteiger partial charge < -0.3 is 15.7 Å². The van der Waals surface area contributed by atoms with Crippen LogP contribution >= 0.6 is 0 Å². The Morgan fingerprint density at radius 2 is 1.52 bits per heavy atom. The first-order valence-corrected chi connectivity index (χ1v) is 17.7. The van der Waals surface area contributed by atoms with Crippen molar-refractivity contribution < 1.29 is 23.9 Å². The van der Waals surface area contributed by atoms with Gasteiger partial charge in [-0.3, -0.25) is 14.4 Å². The number of hydrogen-bond acceptors (Lipinski definition) is 4. The van der Waals surface area contributed by atoms with Crippen LogP contribution in [0.25, 0.3) is 0 Å². The highest BCUT2D eigenvalue weighted by atomic mass is 19.1. The number of aliphatic hydroxyl groups excluding tert-OH is 1. The smallest absolute Gasteiger partial charge is 0.251 e. The molecule has 46 heavy (non-hydrogen) atoms. The lowest BCUT2D eigenvalue weighted by molar-refractivity contribution is -0.202. The van der Waals surface area contributed by atoms with E-state index in [-0.39, 0.29) is 69.2 Å². The van der Waals surface area contributed by atoms with Gasteiger partial charge in [0.1, 0.15) is 5.82 Å². The SMILES string of the molecule is CC1(C)C2CC[C@]3(C)[C@H](C(=O)C=C4[C@H]5C[C@@](C)(C(=O)NCCNC(=O)c6ccc(F)cc6)CC[C@]5(C)CC[C@]43C)[C@@]2(C)CC[C@@H]1O. The van der Waals surface area contributed by atoms with Crippen molar-refractivity contribution in [2.45, 2.75) is 112 Å². The minimum atomic E-state index is -0.571. The summed E-state index contributed by atoms with van der Waals surface area (Å²) in [6, 6.07) is 5.41. The number of hydrogen-bond donors (Lipinski definition) is 3. The molecule has 0 saturated heterocycles. The van der Waals surface area contributed by atoms with E-state index in [4.69, 9.17) is 0 Å². The number of aliphatic hydroxyl groups is 1. The van der Waals surface area contributed by atoms with E-state index in [1.807, 2.05) is 0 Å². The van der Waals surface area contributed by atoms with Gasteiger partial charge in [0.15, 0.2) is 5.78 Å². The molecule has 0 radical (unpaired) electrons. The van der Waals surface area contributed by atoms with Gasteiger partial charge in [-0.05, 0) is 127 Å². The molecule has 0 aromatic heterocycles. The average Bonchev–Trinajstić information content (AvgIpc) is 2.99. The molecule has 6 nitrogen and oxygen atoms in total. The molecule has 4 fully saturated rings. The molecule has 0 spiro atoms. The molecule has 3 N–H and O–H groups in total. The third-order valence-electron chi connectivity index (χ3n) is 14.9. The lowest BCUT2D eigenvalue weighted by atomic mass is 9.33. The number of fused-ring (bicyclic) bond motifs is 7. The van der Waals surface area contributed by atoms with Gasteiger partial charge in [0, 0.05) is 30.0 Å². The van der Waals surface area contributed by atoms with Gasteiger partial charge in [-0.2, -0.15) is 0 Å². The quantitative estimate of drug-likeness (QED) is 0.304. The summed E-state index contributed by atoms with van der Waals surface area (Å²) in [5, 5.41) is 16.9. The highest BCUT2D eigenvalue weighted by Gasteiger charge is 2.70. The maximum atomic E-state index is 14.5. The van der Waals surface area contributed by atoms with Gasteiger partial charge in [-0.15, -0.1) is 0 Å². The van der Waals surface area contributed by atoms with E-state index in [0.717, 1.165) is 51.4 Å². The lowest BCUT2D eigenvalue weighted by Crippen LogP contribution is -2.66. The zero-order valence-electron chi connectivity index (χ0n) is 29.0. The predicted molar refractivity (Wildman–Crippen MR) is 177 cm³/mol. The van der Waals surface area contributed by atoms with Gasteiger partial charge in [-0.25, -0.2) is 4.39 Å². The lowest BCUT2D eigenvalue weighted by Gasteiger charge is -2.70. The summed E-state index contributed by atoms with van der Waals surface area (Å²) < 4.78 is 13.2.